The van der Waals surface area contributed by atoms with Crippen LogP contribution in [0.25, 0.3) is 0 Å². The molecule has 1 aromatic heterocycles. The Morgan fingerprint density at radius 3 is 2.67 bits per heavy atom. The van der Waals surface area contributed by atoms with E-state index in [1.165, 1.54) is 6.33 Å². The first kappa shape index (κ1) is 11.7. The van der Waals surface area contributed by atoms with Gasteiger partial charge in [-0.3, -0.25) is 0 Å². The molecule has 3 N–H and O–H groups in total. The zero-order valence-electron chi connectivity index (χ0n) is 9.61. The van der Waals surface area contributed by atoms with Gasteiger partial charge in [0.1, 0.15) is 12.1 Å². The fourth-order valence-electron chi connectivity index (χ4n) is 0.963. The molecule has 0 saturated carbocycles. The van der Waals surface area contributed by atoms with Crippen molar-refractivity contribution in [3.8, 4) is 5.88 Å². The van der Waals surface area contributed by atoms with Crippen LogP contribution >= 0.6 is 0 Å². The first-order chi connectivity index (χ1) is 6.95. The van der Waals surface area contributed by atoms with Crippen molar-refractivity contribution >= 4 is 5.82 Å². The molecule has 1 rings (SSSR count). The minimum absolute atomic E-state index is 0.0125. The first-order valence-electron chi connectivity index (χ1n) is 4.85. The Labute approximate surface area is 90.1 Å². The van der Waals surface area contributed by atoms with Crippen LogP contribution in [0.5, 0.6) is 5.88 Å². The second-order valence-electron chi connectivity index (χ2n) is 4.08. The van der Waals surface area contributed by atoms with Gasteiger partial charge in [0.2, 0.25) is 5.88 Å². The van der Waals surface area contributed by atoms with Gasteiger partial charge in [-0.2, -0.15) is 0 Å². The molecule has 0 aliphatic carbocycles. The lowest BCUT2D eigenvalue weighted by Gasteiger charge is -2.30. The number of hydrogen-bond acceptors (Lipinski definition) is 5. The number of nitrogens with one attached hydrogen (secondary N) is 1. The summed E-state index contributed by atoms with van der Waals surface area (Å²) in [5.41, 5.74) is 5.63. The maximum absolute atomic E-state index is 5.85. The van der Waals surface area contributed by atoms with Gasteiger partial charge in [-0.15, -0.1) is 0 Å². The highest BCUT2D eigenvalue weighted by atomic mass is 16.5. The number of aromatic nitrogens is 2. The van der Waals surface area contributed by atoms with Crippen molar-refractivity contribution in [2.24, 2.45) is 5.73 Å². The number of anilines is 1. The van der Waals surface area contributed by atoms with Crippen LogP contribution in [0.4, 0.5) is 5.82 Å². The standard InChI is InChI=1S/C10H18N4O/c1-7(11)10(2,3)14-8-5-9(15-4)13-6-12-8/h5-7H,11H2,1-4H3,(H,12,13,14). The number of ether oxygens (including phenoxy) is 1. The summed E-state index contributed by atoms with van der Waals surface area (Å²) < 4.78 is 5.01. The van der Waals surface area contributed by atoms with Crippen molar-refractivity contribution in [1.29, 1.82) is 0 Å². The van der Waals surface area contributed by atoms with E-state index in [4.69, 9.17) is 10.5 Å². The largest absolute Gasteiger partial charge is 0.481 e. The van der Waals surface area contributed by atoms with Gasteiger partial charge < -0.3 is 15.8 Å². The van der Waals surface area contributed by atoms with E-state index < -0.39 is 0 Å². The normalized spacial score (nSPS) is 13.4. The Hall–Kier alpha value is -1.36. The highest BCUT2D eigenvalue weighted by molar-refractivity contribution is 5.40. The number of rotatable bonds is 4. The molecule has 5 heteroatoms. The molecule has 0 aliphatic heterocycles. The van der Waals surface area contributed by atoms with Gasteiger partial charge in [-0.1, -0.05) is 0 Å². The Bertz CT molecular complexity index is 325. The SMILES string of the molecule is COc1cc(NC(C)(C)C(C)N)ncn1. The second-order valence-corrected chi connectivity index (χ2v) is 4.08. The maximum atomic E-state index is 5.85. The summed E-state index contributed by atoms with van der Waals surface area (Å²) in [6, 6.07) is 1.75. The molecule has 15 heavy (non-hydrogen) atoms. The van der Waals surface area contributed by atoms with Crippen molar-refractivity contribution in [2.45, 2.75) is 32.4 Å². The quantitative estimate of drug-likeness (QED) is 0.776. The summed E-state index contributed by atoms with van der Waals surface area (Å²) in [5, 5.41) is 3.24. The van der Waals surface area contributed by atoms with Gasteiger partial charge in [-0.25, -0.2) is 9.97 Å². The zero-order valence-corrected chi connectivity index (χ0v) is 9.61. The monoisotopic (exact) mass is 210 g/mol. The Kier molecular flexibility index (Phi) is 3.47. The minimum Gasteiger partial charge on any atom is -0.481 e. The van der Waals surface area contributed by atoms with Crippen molar-refractivity contribution in [2.75, 3.05) is 12.4 Å². The van der Waals surface area contributed by atoms with Crippen LogP contribution in [-0.2, 0) is 0 Å². The number of hydrogen-bond donors (Lipinski definition) is 2. The third-order valence-corrected chi connectivity index (χ3v) is 2.44. The molecule has 5 nitrogen and oxygen atoms in total. The van der Waals surface area contributed by atoms with E-state index in [-0.39, 0.29) is 11.6 Å². The lowest BCUT2D eigenvalue weighted by Crippen LogP contribution is -2.47. The third kappa shape index (κ3) is 3.06. The molecule has 0 aromatic carbocycles. The molecule has 0 bridgehead atoms. The van der Waals surface area contributed by atoms with Gasteiger partial charge in [0.25, 0.3) is 0 Å². The molecular formula is C10H18N4O. The highest BCUT2D eigenvalue weighted by Gasteiger charge is 2.22. The van der Waals surface area contributed by atoms with Gasteiger partial charge in [0.05, 0.1) is 7.11 Å². The zero-order chi connectivity index (χ0) is 11.5. The number of nitrogens with two attached hydrogens (primary N) is 1. The summed E-state index contributed by atoms with van der Waals surface area (Å²) in [7, 11) is 1.57. The van der Waals surface area contributed by atoms with E-state index in [1.54, 1.807) is 13.2 Å². The van der Waals surface area contributed by atoms with E-state index in [0.717, 1.165) is 0 Å². The van der Waals surface area contributed by atoms with E-state index in [1.807, 2.05) is 20.8 Å². The fraction of sp³-hybridized carbons (Fsp3) is 0.600. The molecule has 84 valence electrons. The molecular weight excluding hydrogens is 192 g/mol. The smallest absolute Gasteiger partial charge is 0.218 e. The van der Waals surface area contributed by atoms with Gasteiger partial charge in [0, 0.05) is 17.6 Å². The summed E-state index contributed by atoms with van der Waals surface area (Å²) >= 11 is 0. The molecule has 1 atom stereocenters. The average Bonchev–Trinajstić information content (AvgIpc) is 2.17. The maximum Gasteiger partial charge on any atom is 0.218 e. The topological polar surface area (TPSA) is 73.1 Å². The van der Waals surface area contributed by atoms with Crippen molar-refractivity contribution in [3.05, 3.63) is 12.4 Å². The van der Waals surface area contributed by atoms with Gasteiger partial charge >= 0.3 is 0 Å². The molecule has 1 heterocycles. The van der Waals surface area contributed by atoms with Gasteiger partial charge in [-0.05, 0) is 20.8 Å². The predicted octanol–water partition coefficient (Wildman–Crippen LogP) is 1.02. The Balaban J connectivity index is 2.80. The van der Waals surface area contributed by atoms with E-state index >= 15 is 0 Å². The fourth-order valence-corrected chi connectivity index (χ4v) is 0.963. The van der Waals surface area contributed by atoms with Crippen LogP contribution < -0.4 is 15.8 Å². The highest BCUT2D eigenvalue weighted by Crippen LogP contribution is 2.17. The Morgan fingerprint density at radius 2 is 2.13 bits per heavy atom. The van der Waals surface area contributed by atoms with E-state index in [2.05, 4.69) is 15.3 Å². The molecule has 0 saturated heterocycles. The summed E-state index contributed by atoms with van der Waals surface area (Å²) in [5.74, 6) is 1.25. The lowest BCUT2D eigenvalue weighted by molar-refractivity contribution is 0.396. The van der Waals surface area contributed by atoms with Crippen LogP contribution in [0.3, 0.4) is 0 Å². The van der Waals surface area contributed by atoms with Crippen LogP contribution in [-0.4, -0.2) is 28.7 Å². The summed E-state index contributed by atoms with van der Waals surface area (Å²) in [6.07, 6.45) is 1.46. The average molecular weight is 210 g/mol. The van der Waals surface area contributed by atoms with Crippen LogP contribution in [0.1, 0.15) is 20.8 Å². The third-order valence-electron chi connectivity index (χ3n) is 2.44. The van der Waals surface area contributed by atoms with Crippen molar-refractivity contribution in [1.82, 2.24) is 9.97 Å². The van der Waals surface area contributed by atoms with Gasteiger partial charge in [0.15, 0.2) is 0 Å². The van der Waals surface area contributed by atoms with E-state index in [0.29, 0.717) is 11.7 Å². The minimum atomic E-state index is -0.223. The molecule has 0 fully saturated rings. The number of nitrogens with zero attached hydrogens (tertiary/aromatic N) is 2. The molecule has 0 aliphatic rings. The van der Waals surface area contributed by atoms with Crippen molar-refractivity contribution < 1.29 is 4.74 Å². The predicted molar refractivity (Wildman–Crippen MR) is 59.9 cm³/mol. The molecule has 0 amide bonds. The second kappa shape index (κ2) is 4.44. The summed E-state index contributed by atoms with van der Waals surface area (Å²) in [6.45, 7) is 5.99. The summed E-state index contributed by atoms with van der Waals surface area (Å²) in [4.78, 5) is 8.03. The molecule has 1 aromatic rings. The molecule has 0 radical (unpaired) electrons. The Morgan fingerprint density at radius 1 is 1.47 bits per heavy atom. The van der Waals surface area contributed by atoms with Crippen LogP contribution in [0.15, 0.2) is 12.4 Å². The van der Waals surface area contributed by atoms with E-state index in [9.17, 15) is 0 Å². The molecule has 0 spiro atoms. The number of methoxy groups -OCH3 is 1. The lowest BCUT2D eigenvalue weighted by atomic mass is 9.97. The van der Waals surface area contributed by atoms with Crippen LogP contribution in [0.2, 0.25) is 0 Å². The van der Waals surface area contributed by atoms with Crippen LogP contribution in [0, 0.1) is 0 Å². The molecule has 1 unspecified atom stereocenters. The first-order valence-corrected chi connectivity index (χ1v) is 4.85. The van der Waals surface area contributed by atoms with Crippen molar-refractivity contribution in [3.63, 3.8) is 0 Å².